The molecule has 0 spiro atoms. The number of para-hydroxylation sites is 3. The monoisotopic (exact) mass is 363 g/mol. The van der Waals surface area contributed by atoms with E-state index in [9.17, 15) is 4.79 Å². The van der Waals surface area contributed by atoms with E-state index in [1.807, 2.05) is 55.5 Å². The van der Waals surface area contributed by atoms with Crippen LogP contribution in [0.4, 0.5) is 0 Å². The second kappa shape index (κ2) is 9.03. The minimum absolute atomic E-state index is 0.0169. The van der Waals surface area contributed by atoms with Gasteiger partial charge in [0.25, 0.3) is 0 Å². The third-order valence-corrected chi connectivity index (χ3v) is 4.41. The third kappa shape index (κ3) is 4.56. The van der Waals surface area contributed by atoms with Crippen LogP contribution in [0.25, 0.3) is 11.0 Å². The standard InChI is InChI=1S/C22H25N3O2/c1-3-9-17-10-5-8-13-20(17)27-15-14-25-19-12-7-6-11-18(19)24-21(25)16-23-22(26)4-2/h3,5-8,10-13H,1,4,9,14-16H2,2H3,(H,23,26). The molecule has 3 rings (SSSR count). The molecule has 1 heterocycles. The second-order valence-electron chi connectivity index (χ2n) is 6.25. The van der Waals surface area contributed by atoms with Crippen molar-refractivity contribution >= 4 is 16.9 Å². The van der Waals surface area contributed by atoms with Crippen LogP contribution in [0.5, 0.6) is 5.75 Å². The normalized spacial score (nSPS) is 10.7. The van der Waals surface area contributed by atoms with Gasteiger partial charge in [-0.05, 0) is 30.2 Å². The lowest BCUT2D eigenvalue weighted by Crippen LogP contribution is -2.24. The van der Waals surface area contributed by atoms with Crippen LogP contribution in [-0.4, -0.2) is 22.1 Å². The van der Waals surface area contributed by atoms with E-state index in [2.05, 4.69) is 27.5 Å². The van der Waals surface area contributed by atoms with Crippen LogP contribution < -0.4 is 10.1 Å². The summed E-state index contributed by atoms with van der Waals surface area (Å²) < 4.78 is 8.14. The fourth-order valence-electron chi connectivity index (χ4n) is 3.03. The molecule has 140 valence electrons. The molecule has 1 amide bonds. The Morgan fingerprint density at radius 1 is 1.22 bits per heavy atom. The van der Waals surface area contributed by atoms with Gasteiger partial charge in [0.05, 0.1) is 24.1 Å². The number of ether oxygens (including phenoxy) is 1. The summed E-state index contributed by atoms with van der Waals surface area (Å²) in [5.74, 6) is 1.73. The molecule has 1 aromatic heterocycles. The number of imidazole rings is 1. The fraction of sp³-hybridized carbons (Fsp3) is 0.273. The van der Waals surface area contributed by atoms with Crippen molar-refractivity contribution in [3.8, 4) is 5.75 Å². The maximum absolute atomic E-state index is 11.6. The van der Waals surface area contributed by atoms with Crippen molar-refractivity contribution in [2.24, 2.45) is 0 Å². The molecule has 2 aromatic carbocycles. The first kappa shape index (κ1) is 18.7. The van der Waals surface area contributed by atoms with E-state index in [1.54, 1.807) is 0 Å². The molecule has 27 heavy (non-hydrogen) atoms. The van der Waals surface area contributed by atoms with Crippen LogP contribution in [-0.2, 0) is 24.3 Å². The Morgan fingerprint density at radius 3 is 2.81 bits per heavy atom. The van der Waals surface area contributed by atoms with Gasteiger partial charge in [-0.1, -0.05) is 43.3 Å². The lowest BCUT2D eigenvalue weighted by Gasteiger charge is -2.13. The number of hydrogen-bond acceptors (Lipinski definition) is 3. The van der Waals surface area contributed by atoms with Crippen LogP contribution in [0.15, 0.2) is 61.2 Å². The number of nitrogens with zero attached hydrogens (tertiary/aromatic N) is 2. The van der Waals surface area contributed by atoms with Crippen LogP contribution in [0, 0.1) is 0 Å². The Balaban J connectivity index is 1.75. The smallest absolute Gasteiger partial charge is 0.220 e. The summed E-state index contributed by atoms with van der Waals surface area (Å²) in [5, 5.41) is 2.91. The number of carbonyl (C=O) groups is 1. The van der Waals surface area contributed by atoms with Gasteiger partial charge in [-0.3, -0.25) is 4.79 Å². The highest BCUT2D eigenvalue weighted by Gasteiger charge is 2.11. The molecule has 0 atom stereocenters. The first-order valence-electron chi connectivity index (χ1n) is 9.25. The van der Waals surface area contributed by atoms with E-state index >= 15 is 0 Å². The van der Waals surface area contributed by atoms with Crippen LogP contribution >= 0.6 is 0 Å². The van der Waals surface area contributed by atoms with E-state index in [0.717, 1.165) is 34.6 Å². The van der Waals surface area contributed by atoms with Crippen LogP contribution in [0.2, 0.25) is 0 Å². The van der Waals surface area contributed by atoms with Gasteiger partial charge in [-0.25, -0.2) is 4.98 Å². The lowest BCUT2D eigenvalue weighted by molar-refractivity contribution is -0.120. The predicted octanol–water partition coefficient (Wildman–Crippen LogP) is 3.87. The Hall–Kier alpha value is -3.08. The third-order valence-electron chi connectivity index (χ3n) is 4.41. The molecule has 0 unspecified atom stereocenters. The Kier molecular flexibility index (Phi) is 6.26. The van der Waals surface area contributed by atoms with Gasteiger partial charge < -0.3 is 14.6 Å². The van der Waals surface area contributed by atoms with Gasteiger partial charge in [0.15, 0.2) is 0 Å². The largest absolute Gasteiger partial charge is 0.491 e. The first-order valence-corrected chi connectivity index (χ1v) is 9.25. The predicted molar refractivity (Wildman–Crippen MR) is 108 cm³/mol. The molecule has 0 aliphatic heterocycles. The van der Waals surface area contributed by atoms with Crippen molar-refractivity contribution in [2.75, 3.05) is 6.61 Å². The SMILES string of the molecule is C=CCc1ccccc1OCCn1c(CNC(=O)CC)nc2ccccc21. The van der Waals surface area contributed by atoms with Gasteiger partial charge in [-0.2, -0.15) is 0 Å². The van der Waals surface area contributed by atoms with Gasteiger partial charge in [0.2, 0.25) is 5.91 Å². The minimum atomic E-state index is 0.0169. The quantitative estimate of drug-likeness (QED) is 0.587. The zero-order valence-electron chi connectivity index (χ0n) is 15.6. The maximum Gasteiger partial charge on any atom is 0.220 e. The van der Waals surface area contributed by atoms with E-state index in [0.29, 0.717) is 26.1 Å². The maximum atomic E-state index is 11.6. The molecule has 0 aliphatic carbocycles. The molecule has 3 aromatic rings. The highest BCUT2D eigenvalue weighted by Crippen LogP contribution is 2.20. The summed E-state index contributed by atoms with van der Waals surface area (Å²) >= 11 is 0. The number of amides is 1. The van der Waals surface area contributed by atoms with Crippen molar-refractivity contribution in [1.29, 1.82) is 0 Å². The number of aromatic nitrogens is 2. The average Bonchev–Trinajstić information content (AvgIpc) is 3.05. The van der Waals surface area contributed by atoms with Crippen molar-refractivity contribution in [1.82, 2.24) is 14.9 Å². The summed E-state index contributed by atoms with van der Waals surface area (Å²) in [5.41, 5.74) is 3.09. The number of fused-ring (bicyclic) bond motifs is 1. The topological polar surface area (TPSA) is 56.1 Å². The molecule has 1 N–H and O–H groups in total. The van der Waals surface area contributed by atoms with E-state index in [-0.39, 0.29) is 5.91 Å². The molecule has 0 radical (unpaired) electrons. The van der Waals surface area contributed by atoms with E-state index in [1.165, 1.54) is 0 Å². The molecule has 0 saturated carbocycles. The summed E-state index contributed by atoms with van der Waals surface area (Å²) in [4.78, 5) is 16.3. The number of hydrogen-bond donors (Lipinski definition) is 1. The second-order valence-corrected chi connectivity index (χ2v) is 6.25. The molecular formula is C22H25N3O2. The molecule has 0 saturated heterocycles. The summed E-state index contributed by atoms with van der Waals surface area (Å²) in [6, 6.07) is 16.0. The molecule has 0 bridgehead atoms. The van der Waals surface area contributed by atoms with Gasteiger partial charge >= 0.3 is 0 Å². The Labute approximate surface area is 159 Å². The minimum Gasteiger partial charge on any atom is -0.491 e. The number of carbonyl (C=O) groups excluding carboxylic acids is 1. The highest BCUT2D eigenvalue weighted by molar-refractivity contribution is 5.77. The number of allylic oxidation sites excluding steroid dienone is 1. The molecule has 5 heteroatoms. The Bertz CT molecular complexity index is 930. The molecule has 0 fully saturated rings. The van der Waals surface area contributed by atoms with E-state index < -0.39 is 0 Å². The molecule has 0 aliphatic rings. The number of benzene rings is 2. The van der Waals surface area contributed by atoms with Crippen molar-refractivity contribution < 1.29 is 9.53 Å². The summed E-state index contributed by atoms with van der Waals surface area (Å²) in [6.07, 6.45) is 3.11. The Morgan fingerprint density at radius 2 is 2.00 bits per heavy atom. The number of rotatable bonds is 9. The summed E-state index contributed by atoms with van der Waals surface area (Å²) in [6.45, 7) is 7.22. The van der Waals surface area contributed by atoms with Crippen LogP contribution in [0.3, 0.4) is 0 Å². The average molecular weight is 363 g/mol. The van der Waals surface area contributed by atoms with Crippen molar-refractivity contribution in [3.63, 3.8) is 0 Å². The number of nitrogens with one attached hydrogen (secondary N) is 1. The zero-order chi connectivity index (χ0) is 19.1. The summed E-state index contributed by atoms with van der Waals surface area (Å²) in [7, 11) is 0. The van der Waals surface area contributed by atoms with Crippen molar-refractivity contribution in [3.05, 3.63) is 72.6 Å². The molecular weight excluding hydrogens is 338 g/mol. The van der Waals surface area contributed by atoms with Gasteiger partial charge in [0, 0.05) is 6.42 Å². The molecule has 5 nitrogen and oxygen atoms in total. The van der Waals surface area contributed by atoms with Crippen LogP contribution in [0.1, 0.15) is 24.7 Å². The van der Waals surface area contributed by atoms with Gasteiger partial charge in [-0.15, -0.1) is 6.58 Å². The fourth-order valence-corrected chi connectivity index (χ4v) is 3.03. The highest BCUT2D eigenvalue weighted by atomic mass is 16.5. The lowest BCUT2D eigenvalue weighted by atomic mass is 10.1. The van der Waals surface area contributed by atoms with E-state index in [4.69, 9.17) is 4.74 Å². The first-order chi connectivity index (χ1) is 13.2. The van der Waals surface area contributed by atoms with Gasteiger partial charge in [0.1, 0.15) is 18.2 Å². The van der Waals surface area contributed by atoms with Crippen molar-refractivity contribution in [2.45, 2.75) is 32.9 Å². The zero-order valence-corrected chi connectivity index (χ0v) is 15.6.